The van der Waals surface area contributed by atoms with Gasteiger partial charge < -0.3 is 19.3 Å². The van der Waals surface area contributed by atoms with Crippen molar-refractivity contribution in [2.24, 2.45) is 0 Å². The van der Waals surface area contributed by atoms with E-state index in [-0.39, 0.29) is 21.3 Å². The summed E-state index contributed by atoms with van der Waals surface area (Å²) in [5.41, 5.74) is 1.14. The molecule has 1 unspecified atom stereocenters. The van der Waals surface area contributed by atoms with Crippen molar-refractivity contribution in [3.8, 4) is 11.5 Å². The lowest BCUT2D eigenvalue weighted by atomic mass is 9.95. The molecule has 0 saturated carbocycles. The third kappa shape index (κ3) is 5.12. The second kappa shape index (κ2) is 11.5. The van der Waals surface area contributed by atoms with Gasteiger partial charge in [0, 0.05) is 5.56 Å². The number of esters is 1. The Labute approximate surface area is 224 Å². The Bertz CT molecular complexity index is 1390. The van der Waals surface area contributed by atoms with Gasteiger partial charge in [0.25, 0.3) is 5.78 Å². The molecule has 1 fully saturated rings. The van der Waals surface area contributed by atoms with Crippen molar-refractivity contribution in [2.45, 2.75) is 32.7 Å². The average molecular weight is 537 g/mol. The first kappa shape index (κ1) is 26.9. The molecule has 1 atom stereocenters. The fourth-order valence-electron chi connectivity index (χ4n) is 4.12. The highest BCUT2D eigenvalue weighted by Gasteiger charge is 2.48. The molecular weight excluding hydrogens is 508 g/mol. The Kier molecular flexibility index (Phi) is 8.11. The summed E-state index contributed by atoms with van der Waals surface area (Å²) < 4.78 is 15.9. The van der Waals surface area contributed by atoms with Gasteiger partial charge in [-0.1, -0.05) is 36.8 Å². The second-order valence-electron chi connectivity index (χ2n) is 8.57. The Balaban J connectivity index is 1.84. The lowest BCUT2D eigenvalue weighted by Gasteiger charge is -2.23. The van der Waals surface area contributed by atoms with Crippen molar-refractivity contribution in [1.82, 2.24) is 4.98 Å². The number of benzene rings is 2. The van der Waals surface area contributed by atoms with E-state index in [1.807, 2.05) is 0 Å². The second-order valence-corrected chi connectivity index (χ2v) is 9.55. The number of aromatic nitrogens is 1. The van der Waals surface area contributed by atoms with E-state index in [0.717, 1.165) is 24.2 Å². The minimum absolute atomic E-state index is 0.102. The molecule has 1 aromatic heterocycles. The zero-order valence-corrected chi connectivity index (χ0v) is 22.3. The van der Waals surface area contributed by atoms with E-state index in [2.05, 4.69) is 11.9 Å². The predicted molar refractivity (Wildman–Crippen MR) is 143 cm³/mol. The number of amides is 1. The molecule has 198 valence electrons. The summed E-state index contributed by atoms with van der Waals surface area (Å²) in [5, 5.41) is 11.5. The van der Waals surface area contributed by atoms with Crippen LogP contribution in [0.15, 0.2) is 54.1 Å². The molecule has 1 saturated heterocycles. The number of hydrogen-bond donors (Lipinski definition) is 1. The van der Waals surface area contributed by atoms with E-state index in [1.54, 1.807) is 55.5 Å². The van der Waals surface area contributed by atoms with Gasteiger partial charge in [0.1, 0.15) is 22.1 Å². The van der Waals surface area contributed by atoms with Crippen molar-refractivity contribution < 1.29 is 33.7 Å². The van der Waals surface area contributed by atoms with Gasteiger partial charge in [0.15, 0.2) is 5.13 Å². The largest absolute Gasteiger partial charge is 0.507 e. The number of ether oxygens (including phenoxy) is 3. The number of unbranched alkanes of at least 4 members (excludes halogenated alkanes) is 1. The van der Waals surface area contributed by atoms with Gasteiger partial charge in [0.05, 0.1) is 38.1 Å². The molecule has 2 heterocycles. The lowest BCUT2D eigenvalue weighted by molar-refractivity contribution is -0.132. The van der Waals surface area contributed by atoms with Crippen LogP contribution in [0.1, 0.15) is 52.3 Å². The van der Waals surface area contributed by atoms with Gasteiger partial charge in [-0.15, -0.1) is 0 Å². The van der Waals surface area contributed by atoms with Gasteiger partial charge in [0.2, 0.25) is 0 Å². The molecular formula is C28H28N2O7S. The third-order valence-electron chi connectivity index (χ3n) is 6.11. The fourth-order valence-corrected chi connectivity index (χ4v) is 5.13. The first-order valence-corrected chi connectivity index (χ1v) is 12.9. The molecule has 4 rings (SSSR count). The monoisotopic (exact) mass is 536 g/mol. The number of thiazole rings is 1. The topological polar surface area (TPSA) is 115 Å². The Morgan fingerprint density at radius 2 is 1.84 bits per heavy atom. The maximum absolute atomic E-state index is 13.4. The van der Waals surface area contributed by atoms with Crippen LogP contribution in [0.2, 0.25) is 0 Å². The maximum Gasteiger partial charge on any atom is 0.350 e. The lowest BCUT2D eigenvalue weighted by Crippen LogP contribution is -2.29. The van der Waals surface area contributed by atoms with Gasteiger partial charge in [-0.2, -0.15) is 0 Å². The molecule has 1 amide bonds. The van der Waals surface area contributed by atoms with Crippen LogP contribution in [-0.4, -0.2) is 48.6 Å². The Morgan fingerprint density at radius 3 is 2.50 bits per heavy atom. The zero-order valence-electron chi connectivity index (χ0n) is 21.5. The molecule has 0 aliphatic carbocycles. The fraction of sp³-hybridized carbons (Fsp3) is 0.286. The van der Waals surface area contributed by atoms with Gasteiger partial charge in [-0.3, -0.25) is 14.5 Å². The van der Waals surface area contributed by atoms with E-state index in [1.165, 1.54) is 19.1 Å². The molecule has 1 aliphatic rings. The van der Waals surface area contributed by atoms with E-state index >= 15 is 0 Å². The minimum Gasteiger partial charge on any atom is -0.507 e. The zero-order chi connectivity index (χ0) is 27.4. The number of carbonyl (C=O) groups is 3. The first-order valence-electron chi connectivity index (χ1n) is 12.0. The van der Waals surface area contributed by atoms with Crippen LogP contribution in [0.4, 0.5) is 5.13 Å². The molecule has 1 N–H and O–H groups in total. The van der Waals surface area contributed by atoms with Crippen LogP contribution in [0.5, 0.6) is 11.5 Å². The normalized spacial score (nSPS) is 16.5. The Hall–Kier alpha value is -4.18. The van der Waals surface area contributed by atoms with Crippen LogP contribution < -0.4 is 14.4 Å². The number of methoxy groups -OCH3 is 2. The number of aliphatic hydroxyl groups is 1. The molecule has 3 aromatic rings. The molecule has 0 bridgehead atoms. The van der Waals surface area contributed by atoms with E-state index in [4.69, 9.17) is 14.2 Å². The summed E-state index contributed by atoms with van der Waals surface area (Å²) in [4.78, 5) is 44.8. The Morgan fingerprint density at radius 1 is 1.11 bits per heavy atom. The summed E-state index contributed by atoms with van der Waals surface area (Å²) in [7, 11) is 2.76. The average Bonchev–Trinajstić information content (AvgIpc) is 3.44. The van der Waals surface area contributed by atoms with Crippen molar-refractivity contribution in [2.75, 3.05) is 25.7 Å². The number of hydrogen-bond acceptors (Lipinski definition) is 9. The minimum atomic E-state index is -1.01. The van der Waals surface area contributed by atoms with Crippen LogP contribution in [0.3, 0.4) is 0 Å². The van der Waals surface area contributed by atoms with Crippen molar-refractivity contribution in [3.63, 3.8) is 0 Å². The van der Waals surface area contributed by atoms with Gasteiger partial charge in [-0.25, -0.2) is 9.78 Å². The predicted octanol–water partition coefficient (Wildman–Crippen LogP) is 5.05. The highest BCUT2D eigenvalue weighted by molar-refractivity contribution is 7.17. The molecule has 9 nitrogen and oxygen atoms in total. The van der Waals surface area contributed by atoms with E-state index in [9.17, 15) is 19.5 Å². The molecule has 38 heavy (non-hydrogen) atoms. The number of Topliss-reactive ketones (excluding diaryl/α,β-unsaturated/α-hetero) is 1. The molecule has 1 aliphatic heterocycles. The van der Waals surface area contributed by atoms with Crippen molar-refractivity contribution >= 4 is 39.9 Å². The quantitative estimate of drug-likeness (QED) is 0.133. The number of rotatable bonds is 9. The van der Waals surface area contributed by atoms with Gasteiger partial charge >= 0.3 is 11.9 Å². The number of carbonyl (C=O) groups excluding carboxylic acids is 3. The number of ketones is 1. The summed E-state index contributed by atoms with van der Waals surface area (Å²) in [6.45, 7) is 4.26. The molecule has 0 spiro atoms. The van der Waals surface area contributed by atoms with Crippen LogP contribution in [0, 0.1) is 6.92 Å². The van der Waals surface area contributed by atoms with Gasteiger partial charge in [-0.05, 0) is 55.3 Å². The summed E-state index contributed by atoms with van der Waals surface area (Å²) in [6, 6.07) is 12.5. The standard InChI is InChI=1S/C28H28N2O7S/c1-5-6-14-37-19-12-10-17(11-13-19)23(31)21-22(18-8-7-9-20(15-18)35-3)30(26(33)24(21)32)28-29-16(2)25(38-28)27(34)36-4/h7-13,15,22,31H,5-6,14H2,1-4H3/b23-21-. The molecule has 2 aromatic carbocycles. The number of aryl methyl sites for hydroxylation is 1. The van der Waals surface area contributed by atoms with E-state index in [0.29, 0.717) is 34.9 Å². The highest BCUT2D eigenvalue weighted by Crippen LogP contribution is 2.44. The number of nitrogens with zero attached hydrogens (tertiary/aromatic N) is 2. The maximum atomic E-state index is 13.4. The number of anilines is 1. The van der Waals surface area contributed by atoms with E-state index < -0.39 is 23.7 Å². The smallest absolute Gasteiger partial charge is 0.350 e. The summed E-state index contributed by atoms with van der Waals surface area (Å²) in [5.74, 6) is -1.53. The van der Waals surface area contributed by atoms with Crippen LogP contribution in [0.25, 0.3) is 5.76 Å². The summed E-state index contributed by atoms with van der Waals surface area (Å²) >= 11 is 0.940. The van der Waals surface area contributed by atoms with Crippen molar-refractivity contribution in [1.29, 1.82) is 0 Å². The molecule has 0 radical (unpaired) electrons. The van der Waals surface area contributed by atoms with Crippen molar-refractivity contribution in [3.05, 3.63) is 75.8 Å². The SMILES string of the molecule is CCCCOc1ccc(/C(O)=C2/C(=O)C(=O)N(c3nc(C)c(C(=O)OC)s3)C2c2cccc(OC)c2)cc1. The first-order chi connectivity index (χ1) is 18.3. The number of aliphatic hydroxyl groups excluding tert-OH is 1. The van der Waals surface area contributed by atoms with Crippen LogP contribution >= 0.6 is 11.3 Å². The highest BCUT2D eigenvalue weighted by atomic mass is 32.1. The summed E-state index contributed by atoms with van der Waals surface area (Å²) in [6.07, 6.45) is 1.92. The van der Waals surface area contributed by atoms with Crippen LogP contribution in [-0.2, 0) is 14.3 Å². The third-order valence-corrected chi connectivity index (χ3v) is 7.25. The molecule has 10 heteroatoms.